The Labute approximate surface area is 152 Å². The maximum atomic E-state index is 13.1. The highest BCUT2D eigenvalue weighted by atomic mass is 19.1. The van der Waals surface area contributed by atoms with Gasteiger partial charge in [0.2, 0.25) is 11.8 Å². The molecule has 0 aliphatic carbocycles. The van der Waals surface area contributed by atoms with Crippen LogP contribution in [0.4, 0.5) is 4.39 Å². The van der Waals surface area contributed by atoms with Gasteiger partial charge in [-0.05, 0) is 49.2 Å². The fourth-order valence-electron chi connectivity index (χ4n) is 2.47. The number of rotatable bonds is 8. The van der Waals surface area contributed by atoms with Crippen molar-refractivity contribution in [1.29, 1.82) is 0 Å². The number of benzene rings is 2. The Hall–Kier alpha value is -2.89. The number of hydrogen-bond acceptors (Lipinski definition) is 3. The molecule has 0 saturated carbocycles. The molecule has 1 unspecified atom stereocenters. The van der Waals surface area contributed by atoms with Gasteiger partial charge in [-0.25, -0.2) is 4.39 Å². The van der Waals surface area contributed by atoms with Crippen LogP contribution in [0.3, 0.4) is 0 Å². The number of hydrogen-bond donors (Lipinski definition) is 2. The quantitative estimate of drug-likeness (QED) is 0.762. The van der Waals surface area contributed by atoms with Crippen molar-refractivity contribution in [3.8, 4) is 5.75 Å². The van der Waals surface area contributed by atoms with E-state index in [4.69, 9.17) is 4.74 Å². The highest BCUT2D eigenvalue weighted by molar-refractivity contribution is 5.85. The zero-order valence-electron chi connectivity index (χ0n) is 14.9. The topological polar surface area (TPSA) is 67.4 Å². The minimum Gasteiger partial charge on any atom is -0.494 e. The monoisotopic (exact) mass is 358 g/mol. The third-order valence-electron chi connectivity index (χ3n) is 3.77. The number of carbonyl (C=O) groups excluding carboxylic acids is 2. The molecule has 0 aromatic heterocycles. The maximum absolute atomic E-state index is 13.1. The lowest BCUT2D eigenvalue weighted by molar-refractivity contribution is -0.126. The molecular weight excluding hydrogens is 335 g/mol. The second kappa shape index (κ2) is 9.56. The van der Waals surface area contributed by atoms with E-state index in [1.807, 2.05) is 38.1 Å². The first-order valence-electron chi connectivity index (χ1n) is 8.51. The van der Waals surface area contributed by atoms with E-state index in [1.54, 1.807) is 12.1 Å². The molecule has 6 heteroatoms. The highest BCUT2D eigenvalue weighted by Crippen LogP contribution is 2.17. The van der Waals surface area contributed by atoms with Crippen molar-refractivity contribution >= 4 is 11.8 Å². The molecule has 0 aliphatic heterocycles. The van der Waals surface area contributed by atoms with E-state index in [0.29, 0.717) is 12.2 Å². The van der Waals surface area contributed by atoms with Gasteiger partial charge in [0.05, 0.1) is 25.6 Å². The van der Waals surface area contributed by atoms with Gasteiger partial charge in [-0.3, -0.25) is 9.59 Å². The minimum absolute atomic E-state index is 0.0273. The number of amides is 2. The molecule has 0 fully saturated rings. The Bertz CT molecular complexity index is 747. The van der Waals surface area contributed by atoms with Gasteiger partial charge in [0, 0.05) is 0 Å². The molecule has 2 rings (SSSR count). The Morgan fingerprint density at radius 1 is 1.12 bits per heavy atom. The molecular formula is C20H23FN2O3. The summed E-state index contributed by atoms with van der Waals surface area (Å²) < 4.78 is 18.5. The number of halogens is 1. The van der Waals surface area contributed by atoms with Gasteiger partial charge in [0.15, 0.2) is 0 Å². The summed E-state index contributed by atoms with van der Waals surface area (Å²) in [7, 11) is 0. The molecule has 0 aliphatic rings. The first-order valence-corrected chi connectivity index (χ1v) is 8.51. The first-order chi connectivity index (χ1) is 12.5. The van der Waals surface area contributed by atoms with Gasteiger partial charge >= 0.3 is 0 Å². The normalized spacial score (nSPS) is 11.5. The van der Waals surface area contributed by atoms with Crippen LogP contribution in [0.2, 0.25) is 0 Å². The summed E-state index contributed by atoms with van der Waals surface area (Å²) in [6, 6.07) is 13.1. The van der Waals surface area contributed by atoms with Crippen LogP contribution in [0.25, 0.3) is 0 Å². The molecule has 0 radical (unpaired) electrons. The molecule has 0 spiro atoms. The first kappa shape index (κ1) is 19.4. The summed E-state index contributed by atoms with van der Waals surface area (Å²) >= 11 is 0. The van der Waals surface area contributed by atoms with Crippen LogP contribution >= 0.6 is 0 Å². The molecule has 2 amide bonds. The second-order valence-electron chi connectivity index (χ2n) is 5.87. The molecule has 5 nitrogen and oxygen atoms in total. The van der Waals surface area contributed by atoms with Crippen LogP contribution < -0.4 is 15.4 Å². The van der Waals surface area contributed by atoms with Crippen molar-refractivity contribution in [1.82, 2.24) is 10.6 Å². The smallest absolute Gasteiger partial charge is 0.239 e. The van der Waals surface area contributed by atoms with Crippen molar-refractivity contribution in [2.24, 2.45) is 0 Å². The van der Waals surface area contributed by atoms with E-state index < -0.39 is 5.82 Å². The Morgan fingerprint density at radius 2 is 1.85 bits per heavy atom. The van der Waals surface area contributed by atoms with Gasteiger partial charge in [-0.15, -0.1) is 0 Å². The van der Waals surface area contributed by atoms with Crippen molar-refractivity contribution in [2.45, 2.75) is 26.3 Å². The SMILES string of the molecule is CCOc1ccc(C(C)NC(=O)CNC(=O)Cc2cccc(F)c2)cc1. The Kier molecular flexibility index (Phi) is 7.14. The zero-order valence-corrected chi connectivity index (χ0v) is 14.9. The number of nitrogens with one attached hydrogen (secondary N) is 2. The van der Waals surface area contributed by atoms with Gasteiger partial charge in [-0.2, -0.15) is 0 Å². The average molecular weight is 358 g/mol. The molecule has 2 N–H and O–H groups in total. The maximum Gasteiger partial charge on any atom is 0.239 e. The van der Waals surface area contributed by atoms with E-state index in [1.165, 1.54) is 12.1 Å². The van der Waals surface area contributed by atoms with Crippen molar-refractivity contribution in [2.75, 3.05) is 13.2 Å². The summed E-state index contributed by atoms with van der Waals surface area (Å²) in [5.41, 5.74) is 1.50. The summed E-state index contributed by atoms with van der Waals surface area (Å²) in [4.78, 5) is 23.9. The summed E-state index contributed by atoms with van der Waals surface area (Å²) in [6.07, 6.45) is 0.0273. The Morgan fingerprint density at radius 3 is 2.50 bits per heavy atom. The number of ether oxygens (including phenoxy) is 1. The van der Waals surface area contributed by atoms with E-state index >= 15 is 0 Å². The van der Waals surface area contributed by atoms with Gasteiger partial charge < -0.3 is 15.4 Å². The van der Waals surface area contributed by atoms with Crippen LogP contribution in [-0.2, 0) is 16.0 Å². The van der Waals surface area contributed by atoms with E-state index in [2.05, 4.69) is 10.6 Å². The predicted molar refractivity (Wildman–Crippen MR) is 97.3 cm³/mol. The lowest BCUT2D eigenvalue weighted by Gasteiger charge is -2.15. The van der Waals surface area contributed by atoms with Crippen molar-refractivity contribution < 1.29 is 18.7 Å². The van der Waals surface area contributed by atoms with Crippen LogP contribution in [0.1, 0.15) is 31.0 Å². The van der Waals surface area contributed by atoms with Crippen LogP contribution in [0.15, 0.2) is 48.5 Å². The van der Waals surface area contributed by atoms with E-state index in [-0.39, 0.29) is 30.8 Å². The second-order valence-corrected chi connectivity index (χ2v) is 5.87. The predicted octanol–water partition coefficient (Wildman–Crippen LogP) is 2.76. The lowest BCUT2D eigenvalue weighted by atomic mass is 10.1. The third kappa shape index (κ3) is 6.20. The fraction of sp³-hybridized carbons (Fsp3) is 0.300. The van der Waals surface area contributed by atoms with Crippen LogP contribution in [0, 0.1) is 5.82 Å². The number of carbonyl (C=O) groups is 2. The van der Waals surface area contributed by atoms with E-state index in [9.17, 15) is 14.0 Å². The molecule has 0 saturated heterocycles. The summed E-state index contributed by atoms with van der Waals surface area (Å²) in [6.45, 7) is 4.25. The van der Waals surface area contributed by atoms with Crippen molar-refractivity contribution in [3.05, 3.63) is 65.5 Å². The average Bonchev–Trinajstić information content (AvgIpc) is 2.61. The third-order valence-corrected chi connectivity index (χ3v) is 3.77. The molecule has 2 aromatic carbocycles. The Balaban J connectivity index is 1.77. The molecule has 0 bridgehead atoms. The molecule has 1 atom stereocenters. The van der Waals surface area contributed by atoms with Crippen molar-refractivity contribution in [3.63, 3.8) is 0 Å². The highest BCUT2D eigenvalue weighted by Gasteiger charge is 2.11. The molecule has 138 valence electrons. The van der Waals surface area contributed by atoms with Gasteiger partial charge in [0.25, 0.3) is 0 Å². The lowest BCUT2D eigenvalue weighted by Crippen LogP contribution is -2.38. The largest absolute Gasteiger partial charge is 0.494 e. The standard InChI is InChI=1S/C20H23FN2O3/c1-3-26-18-9-7-16(8-10-18)14(2)23-20(25)13-22-19(24)12-15-5-4-6-17(21)11-15/h4-11,14H,3,12-13H2,1-2H3,(H,22,24)(H,23,25). The minimum atomic E-state index is -0.391. The van der Waals surface area contributed by atoms with E-state index in [0.717, 1.165) is 11.3 Å². The van der Waals surface area contributed by atoms with Gasteiger partial charge in [-0.1, -0.05) is 24.3 Å². The van der Waals surface area contributed by atoms with Crippen LogP contribution in [0.5, 0.6) is 5.75 Å². The fourth-order valence-corrected chi connectivity index (χ4v) is 2.47. The summed E-state index contributed by atoms with van der Waals surface area (Å²) in [5.74, 6) is -0.241. The van der Waals surface area contributed by atoms with Crippen LogP contribution in [-0.4, -0.2) is 25.0 Å². The zero-order chi connectivity index (χ0) is 18.9. The van der Waals surface area contributed by atoms with Gasteiger partial charge in [0.1, 0.15) is 11.6 Å². The molecule has 2 aromatic rings. The summed E-state index contributed by atoms with van der Waals surface area (Å²) in [5, 5.41) is 5.36. The molecule has 0 heterocycles. The molecule has 26 heavy (non-hydrogen) atoms.